The molecule has 1 aromatic rings. The number of anilines is 2. The van der Waals surface area contributed by atoms with Gasteiger partial charge in [0, 0.05) is 13.1 Å². The van der Waals surface area contributed by atoms with E-state index in [-0.39, 0.29) is 16.5 Å². The molecule has 1 aliphatic heterocycles. The largest absolute Gasteiger partial charge is 0.382 e. The Morgan fingerprint density at radius 2 is 2.32 bits per heavy atom. The first kappa shape index (κ1) is 14.5. The van der Waals surface area contributed by atoms with Crippen LogP contribution in [0, 0.1) is 5.92 Å². The van der Waals surface area contributed by atoms with E-state index in [0.29, 0.717) is 10.9 Å². The highest BCUT2D eigenvalue weighted by Gasteiger charge is 2.25. The molecule has 1 fully saturated rings. The number of sulfone groups is 1. The molecule has 0 aliphatic carbocycles. The molecule has 1 saturated heterocycles. The highest BCUT2D eigenvalue weighted by molar-refractivity contribution is 7.91. The minimum atomic E-state index is -3.32. The quantitative estimate of drug-likeness (QED) is 0.839. The summed E-state index contributed by atoms with van der Waals surface area (Å²) < 4.78 is 27.9. The van der Waals surface area contributed by atoms with Crippen LogP contribution in [0.5, 0.6) is 0 Å². The molecule has 0 bridgehead atoms. The van der Waals surface area contributed by atoms with Gasteiger partial charge in [0.1, 0.15) is 9.90 Å². The normalized spacial score (nSPS) is 20.8. The molecule has 6 nitrogen and oxygen atoms in total. The Kier molecular flexibility index (Phi) is 4.32. The van der Waals surface area contributed by atoms with Crippen molar-refractivity contribution in [1.29, 1.82) is 0 Å². The third kappa shape index (κ3) is 3.18. The van der Waals surface area contributed by atoms with Gasteiger partial charge in [-0.25, -0.2) is 8.42 Å². The summed E-state index contributed by atoms with van der Waals surface area (Å²) in [5, 5.41) is 3.78. The zero-order valence-electron chi connectivity index (χ0n) is 11.2. The number of aromatic nitrogens is 1. The molecular weight excluding hydrogens is 284 g/mol. The molecule has 108 valence electrons. The summed E-state index contributed by atoms with van der Waals surface area (Å²) >= 11 is 1.12. The van der Waals surface area contributed by atoms with Crippen molar-refractivity contribution >= 4 is 32.2 Å². The summed E-state index contributed by atoms with van der Waals surface area (Å²) in [6, 6.07) is 0. The van der Waals surface area contributed by atoms with Crippen LogP contribution in [0.15, 0.2) is 4.90 Å². The van der Waals surface area contributed by atoms with Crippen LogP contribution in [0.2, 0.25) is 0 Å². The second-order valence-corrected chi connectivity index (χ2v) is 7.92. The van der Waals surface area contributed by atoms with Crippen LogP contribution >= 0.6 is 11.5 Å². The van der Waals surface area contributed by atoms with E-state index in [1.165, 1.54) is 0 Å². The van der Waals surface area contributed by atoms with Gasteiger partial charge in [0.2, 0.25) is 0 Å². The Balaban J connectivity index is 2.09. The minimum absolute atomic E-state index is 0.0382. The summed E-state index contributed by atoms with van der Waals surface area (Å²) in [5.74, 6) is 0.694. The van der Waals surface area contributed by atoms with E-state index in [1.54, 1.807) is 6.92 Å². The lowest BCUT2D eigenvalue weighted by molar-refractivity contribution is 0.399. The van der Waals surface area contributed by atoms with Crippen molar-refractivity contribution in [2.45, 2.75) is 18.2 Å². The van der Waals surface area contributed by atoms with Gasteiger partial charge in [-0.05, 0) is 37.5 Å². The first-order valence-electron chi connectivity index (χ1n) is 6.34. The van der Waals surface area contributed by atoms with Crippen LogP contribution in [-0.4, -0.2) is 50.1 Å². The van der Waals surface area contributed by atoms with Crippen molar-refractivity contribution in [1.82, 2.24) is 9.27 Å². The maximum absolute atomic E-state index is 12.0. The zero-order valence-corrected chi connectivity index (χ0v) is 12.9. The van der Waals surface area contributed by atoms with E-state index in [1.807, 2.05) is 0 Å². The van der Waals surface area contributed by atoms with Crippen LogP contribution in [-0.2, 0) is 9.84 Å². The number of hydrogen-bond acceptors (Lipinski definition) is 7. The van der Waals surface area contributed by atoms with E-state index in [2.05, 4.69) is 21.6 Å². The van der Waals surface area contributed by atoms with E-state index >= 15 is 0 Å². The second-order valence-electron chi connectivity index (χ2n) is 4.93. The van der Waals surface area contributed by atoms with E-state index in [4.69, 9.17) is 5.73 Å². The smallest absolute Gasteiger partial charge is 0.184 e. The topological polar surface area (TPSA) is 88.3 Å². The van der Waals surface area contributed by atoms with Crippen LogP contribution in [0.4, 0.5) is 10.8 Å². The average Bonchev–Trinajstić information content (AvgIpc) is 2.93. The lowest BCUT2D eigenvalue weighted by atomic mass is 10.1. The highest BCUT2D eigenvalue weighted by atomic mass is 32.2. The molecule has 1 atom stereocenters. The van der Waals surface area contributed by atoms with Crippen molar-refractivity contribution in [3.63, 3.8) is 0 Å². The van der Waals surface area contributed by atoms with Gasteiger partial charge in [-0.3, -0.25) is 0 Å². The standard InChI is InChI=1S/C11H20N4O2S2/c1-3-19(16,17)9-10(12)14-18-11(9)13-6-8-4-5-15(2)7-8/h8,13H,3-7H2,1-2H3,(H2,12,14). The van der Waals surface area contributed by atoms with Crippen molar-refractivity contribution in [3.8, 4) is 0 Å². The van der Waals surface area contributed by atoms with Gasteiger partial charge >= 0.3 is 0 Å². The van der Waals surface area contributed by atoms with E-state index in [9.17, 15) is 8.42 Å². The molecule has 0 aromatic carbocycles. The van der Waals surface area contributed by atoms with Crippen molar-refractivity contribution in [2.75, 3.05) is 43.5 Å². The van der Waals surface area contributed by atoms with Crippen molar-refractivity contribution in [2.24, 2.45) is 5.92 Å². The number of nitrogens with one attached hydrogen (secondary N) is 1. The lowest BCUT2D eigenvalue weighted by Gasteiger charge is -2.12. The van der Waals surface area contributed by atoms with E-state index < -0.39 is 9.84 Å². The second kappa shape index (κ2) is 5.64. The third-order valence-electron chi connectivity index (χ3n) is 3.41. The molecule has 0 amide bonds. The average molecular weight is 304 g/mol. The highest BCUT2D eigenvalue weighted by Crippen LogP contribution is 2.32. The van der Waals surface area contributed by atoms with Gasteiger partial charge < -0.3 is 16.0 Å². The third-order valence-corrected chi connectivity index (χ3v) is 6.15. The number of nitrogens with zero attached hydrogens (tertiary/aromatic N) is 2. The lowest BCUT2D eigenvalue weighted by Crippen LogP contribution is -2.19. The van der Waals surface area contributed by atoms with Crippen LogP contribution < -0.4 is 11.1 Å². The molecular formula is C11H20N4O2S2. The number of likely N-dealkylation sites (tertiary alicyclic amines) is 1. The molecule has 0 spiro atoms. The molecule has 2 rings (SSSR count). The monoisotopic (exact) mass is 304 g/mol. The first-order chi connectivity index (χ1) is 8.94. The van der Waals surface area contributed by atoms with Crippen molar-refractivity contribution < 1.29 is 8.42 Å². The Hall–Kier alpha value is -0.860. The molecule has 3 N–H and O–H groups in total. The van der Waals surface area contributed by atoms with Crippen molar-refractivity contribution in [3.05, 3.63) is 0 Å². The Morgan fingerprint density at radius 1 is 1.58 bits per heavy atom. The molecule has 1 aromatic heterocycles. The maximum atomic E-state index is 12.0. The Bertz CT molecular complexity index is 541. The molecule has 8 heteroatoms. The SMILES string of the molecule is CCS(=O)(=O)c1c(N)nsc1NCC1CCN(C)C1. The molecule has 0 saturated carbocycles. The fourth-order valence-electron chi connectivity index (χ4n) is 2.28. The zero-order chi connectivity index (χ0) is 14.0. The summed E-state index contributed by atoms with van der Waals surface area (Å²) in [5.41, 5.74) is 5.68. The van der Waals surface area contributed by atoms with Gasteiger partial charge in [0.05, 0.1) is 5.75 Å². The summed E-state index contributed by atoms with van der Waals surface area (Å²) in [6.07, 6.45) is 1.13. The van der Waals surface area contributed by atoms with E-state index in [0.717, 1.165) is 37.6 Å². The molecule has 2 heterocycles. The van der Waals surface area contributed by atoms with Crippen LogP contribution in [0.3, 0.4) is 0 Å². The van der Waals surface area contributed by atoms with Gasteiger partial charge in [0.15, 0.2) is 15.7 Å². The molecule has 19 heavy (non-hydrogen) atoms. The van der Waals surface area contributed by atoms with Crippen LogP contribution in [0.1, 0.15) is 13.3 Å². The van der Waals surface area contributed by atoms with Gasteiger partial charge in [-0.1, -0.05) is 6.92 Å². The maximum Gasteiger partial charge on any atom is 0.184 e. The summed E-state index contributed by atoms with van der Waals surface area (Å²) in [4.78, 5) is 2.45. The van der Waals surface area contributed by atoms with Gasteiger partial charge in [-0.2, -0.15) is 4.37 Å². The molecule has 1 aliphatic rings. The number of rotatable bonds is 5. The Morgan fingerprint density at radius 3 is 2.89 bits per heavy atom. The predicted molar refractivity (Wildman–Crippen MR) is 78.3 cm³/mol. The fraction of sp³-hybridized carbons (Fsp3) is 0.727. The summed E-state index contributed by atoms with van der Waals surface area (Å²) in [7, 11) is -1.23. The number of nitrogens with two attached hydrogens (primary N) is 1. The molecule has 1 unspecified atom stereocenters. The Labute approximate surface area is 118 Å². The number of nitrogen functional groups attached to an aromatic ring is 1. The van der Waals surface area contributed by atoms with Gasteiger partial charge in [0.25, 0.3) is 0 Å². The van der Waals surface area contributed by atoms with Crippen LogP contribution in [0.25, 0.3) is 0 Å². The molecule has 0 radical (unpaired) electrons. The predicted octanol–water partition coefficient (Wildman–Crippen LogP) is 0.882. The minimum Gasteiger partial charge on any atom is -0.382 e. The number of hydrogen-bond donors (Lipinski definition) is 2. The fourth-order valence-corrected chi connectivity index (χ4v) is 4.46. The summed E-state index contributed by atoms with van der Waals surface area (Å²) in [6.45, 7) is 4.51. The first-order valence-corrected chi connectivity index (χ1v) is 8.77. The van der Waals surface area contributed by atoms with Gasteiger partial charge in [-0.15, -0.1) is 0 Å².